The van der Waals surface area contributed by atoms with Crippen molar-refractivity contribution in [3.05, 3.63) is 89.7 Å². The molecule has 0 aliphatic heterocycles. The number of halogens is 1. The Morgan fingerprint density at radius 1 is 0.964 bits per heavy atom. The summed E-state index contributed by atoms with van der Waals surface area (Å²) < 4.78 is 24.0. The summed E-state index contributed by atoms with van der Waals surface area (Å²) in [4.78, 5) is 12.2. The third kappa shape index (κ3) is 5.58. The SMILES string of the molecule is COc1ccccc1CNC(=O)CCc1cccc(Oc2ccc(F)cc2)c1. The molecule has 1 amide bonds. The number of amides is 1. The maximum absolute atomic E-state index is 13.0. The van der Waals surface area contributed by atoms with E-state index in [0.29, 0.717) is 30.9 Å². The summed E-state index contributed by atoms with van der Waals surface area (Å²) in [6.45, 7) is 0.427. The highest BCUT2D eigenvalue weighted by molar-refractivity contribution is 5.76. The predicted molar refractivity (Wildman–Crippen MR) is 106 cm³/mol. The quantitative estimate of drug-likeness (QED) is 0.607. The van der Waals surface area contributed by atoms with Gasteiger partial charge >= 0.3 is 0 Å². The van der Waals surface area contributed by atoms with Gasteiger partial charge in [0, 0.05) is 18.5 Å². The molecule has 28 heavy (non-hydrogen) atoms. The fourth-order valence-electron chi connectivity index (χ4n) is 2.79. The second-order valence-electron chi connectivity index (χ2n) is 6.29. The molecule has 0 aliphatic carbocycles. The Hall–Kier alpha value is -3.34. The summed E-state index contributed by atoms with van der Waals surface area (Å²) >= 11 is 0. The maximum atomic E-state index is 13.0. The zero-order valence-corrected chi connectivity index (χ0v) is 15.7. The van der Waals surface area contributed by atoms with Crippen LogP contribution in [0.15, 0.2) is 72.8 Å². The molecule has 144 valence electrons. The minimum Gasteiger partial charge on any atom is -0.496 e. The van der Waals surface area contributed by atoms with Crippen molar-refractivity contribution < 1.29 is 18.7 Å². The second kappa shape index (κ2) is 9.55. The van der Waals surface area contributed by atoms with E-state index < -0.39 is 0 Å². The van der Waals surface area contributed by atoms with E-state index in [1.807, 2.05) is 48.5 Å². The van der Waals surface area contributed by atoms with Crippen LogP contribution in [-0.2, 0) is 17.8 Å². The Kier molecular flexibility index (Phi) is 6.63. The van der Waals surface area contributed by atoms with Gasteiger partial charge in [0.15, 0.2) is 0 Å². The summed E-state index contributed by atoms with van der Waals surface area (Å²) in [6.07, 6.45) is 0.966. The second-order valence-corrected chi connectivity index (χ2v) is 6.29. The van der Waals surface area contributed by atoms with Crippen LogP contribution in [0.3, 0.4) is 0 Å². The van der Waals surface area contributed by atoms with Gasteiger partial charge in [0.2, 0.25) is 5.91 Å². The molecule has 0 atom stereocenters. The van der Waals surface area contributed by atoms with Gasteiger partial charge in [-0.1, -0.05) is 30.3 Å². The number of hydrogen-bond donors (Lipinski definition) is 1. The van der Waals surface area contributed by atoms with Gasteiger partial charge in [-0.3, -0.25) is 4.79 Å². The molecule has 0 fully saturated rings. The van der Waals surface area contributed by atoms with Gasteiger partial charge in [-0.05, 0) is 54.4 Å². The smallest absolute Gasteiger partial charge is 0.220 e. The molecule has 0 radical (unpaired) electrons. The van der Waals surface area contributed by atoms with E-state index in [9.17, 15) is 9.18 Å². The maximum Gasteiger partial charge on any atom is 0.220 e. The summed E-state index contributed by atoms with van der Waals surface area (Å²) in [5, 5.41) is 2.92. The van der Waals surface area contributed by atoms with Gasteiger partial charge in [0.25, 0.3) is 0 Å². The topological polar surface area (TPSA) is 47.6 Å². The third-order valence-corrected chi connectivity index (χ3v) is 4.26. The number of methoxy groups -OCH3 is 1. The lowest BCUT2D eigenvalue weighted by Crippen LogP contribution is -2.23. The number of benzene rings is 3. The Morgan fingerprint density at radius 3 is 2.54 bits per heavy atom. The molecule has 0 saturated carbocycles. The average molecular weight is 379 g/mol. The minimum absolute atomic E-state index is 0.0317. The molecule has 0 saturated heterocycles. The number of para-hydroxylation sites is 1. The lowest BCUT2D eigenvalue weighted by atomic mass is 10.1. The van der Waals surface area contributed by atoms with Gasteiger partial charge < -0.3 is 14.8 Å². The molecule has 0 bridgehead atoms. The van der Waals surface area contributed by atoms with Crippen molar-refractivity contribution in [1.82, 2.24) is 5.32 Å². The number of carbonyl (C=O) groups excluding carboxylic acids is 1. The van der Waals surface area contributed by atoms with Gasteiger partial charge in [-0.15, -0.1) is 0 Å². The van der Waals surface area contributed by atoms with Crippen LogP contribution in [0.5, 0.6) is 17.2 Å². The molecule has 1 N–H and O–H groups in total. The van der Waals surface area contributed by atoms with Crippen molar-refractivity contribution in [2.45, 2.75) is 19.4 Å². The van der Waals surface area contributed by atoms with Crippen molar-refractivity contribution in [2.75, 3.05) is 7.11 Å². The van der Waals surface area contributed by atoms with Crippen molar-refractivity contribution in [1.29, 1.82) is 0 Å². The van der Waals surface area contributed by atoms with E-state index in [4.69, 9.17) is 9.47 Å². The van der Waals surface area contributed by atoms with Crippen LogP contribution in [0.1, 0.15) is 17.5 Å². The Labute approximate surface area is 163 Å². The minimum atomic E-state index is -0.305. The van der Waals surface area contributed by atoms with Crippen molar-refractivity contribution >= 4 is 5.91 Å². The highest BCUT2D eigenvalue weighted by Crippen LogP contribution is 2.23. The fraction of sp³-hybridized carbons (Fsp3) is 0.174. The first kappa shape index (κ1) is 19.4. The predicted octanol–water partition coefficient (Wildman–Crippen LogP) is 4.88. The molecule has 0 spiro atoms. The molecule has 4 nitrogen and oxygen atoms in total. The highest BCUT2D eigenvalue weighted by Gasteiger charge is 2.06. The van der Waals surface area contributed by atoms with Crippen molar-refractivity contribution in [3.8, 4) is 17.2 Å². The molecule has 0 heterocycles. The molecular formula is C23H22FNO3. The summed E-state index contributed by atoms with van der Waals surface area (Å²) in [6, 6.07) is 21.0. The number of nitrogens with one attached hydrogen (secondary N) is 1. The van der Waals surface area contributed by atoms with Gasteiger partial charge in [0.05, 0.1) is 7.11 Å². The number of aryl methyl sites for hydroxylation is 1. The summed E-state index contributed by atoms with van der Waals surface area (Å²) in [7, 11) is 1.61. The monoisotopic (exact) mass is 379 g/mol. The first-order valence-corrected chi connectivity index (χ1v) is 9.05. The molecule has 0 aliphatic rings. The van der Waals surface area contributed by atoms with E-state index in [0.717, 1.165) is 16.9 Å². The van der Waals surface area contributed by atoms with Gasteiger partial charge in [-0.25, -0.2) is 4.39 Å². The first-order chi connectivity index (χ1) is 13.6. The summed E-state index contributed by atoms with van der Waals surface area (Å²) in [5.41, 5.74) is 1.93. The van der Waals surface area contributed by atoms with Crippen molar-refractivity contribution in [3.63, 3.8) is 0 Å². The van der Waals surface area contributed by atoms with E-state index >= 15 is 0 Å². The molecule has 3 aromatic rings. The highest BCUT2D eigenvalue weighted by atomic mass is 19.1. The van der Waals surface area contributed by atoms with Crippen LogP contribution in [0.4, 0.5) is 4.39 Å². The first-order valence-electron chi connectivity index (χ1n) is 9.05. The standard InChI is InChI=1S/C23H22FNO3/c1-27-22-8-3-2-6-18(22)16-25-23(26)14-9-17-5-4-7-21(15-17)28-20-12-10-19(24)11-13-20/h2-8,10-13,15H,9,14,16H2,1H3,(H,25,26). The van der Waals surface area contributed by atoms with Crippen LogP contribution in [0.25, 0.3) is 0 Å². The Morgan fingerprint density at radius 2 is 1.75 bits per heavy atom. The number of rotatable bonds is 8. The van der Waals surface area contributed by atoms with Crippen molar-refractivity contribution in [2.24, 2.45) is 0 Å². The molecular weight excluding hydrogens is 357 g/mol. The van der Waals surface area contributed by atoms with Crippen LogP contribution < -0.4 is 14.8 Å². The largest absolute Gasteiger partial charge is 0.496 e. The van der Waals surface area contributed by atoms with E-state index in [1.165, 1.54) is 12.1 Å². The van der Waals surface area contributed by atoms with Crippen LogP contribution in [0, 0.1) is 5.82 Å². The van der Waals surface area contributed by atoms with Crippen LogP contribution in [-0.4, -0.2) is 13.0 Å². The summed E-state index contributed by atoms with van der Waals surface area (Å²) in [5.74, 6) is 1.64. The zero-order chi connectivity index (χ0) is 19.8. The number of carbonyl (C=O) groups is 1. The Bertz CT molecular complexity index is 925. The average Bonchev–Trinajstić information content (AvgIpc) is 2.73. The fourth-order valence-corrected chi connectivity index (χ4v) is 2.79. The normalized spacial score (nSPS) is 10.4. The zero-order valence-electron chi connectivity index (χ0n) is 15.7. The van der Waals surface area contributed by atoms with E-state index in [1.54, 1.807) is 19.2 Å². The van der Waals surface area contributed by atoms with Gasteiger partial charge in [-0.2, -0.15) is 0 Å². The lowest BCUT2D eigenvalue weighted by Gasteiger charge is -2.10. The molecule has 3 rings (SSSR count). The Balaban J connectivity index is 1.51. The van der Waals surface area contributed by atoms with E-state index in [-0.39, 0.29) is 11.7 Å². The molecule has 0 unspecified atom stereocenters. The molecule has 3 aromatic carbocycles. The third-order valence-electron chi connectivity index (χ3n) is 4.26. The molecule has 0 aromatic heterocycles. The lowest BCUT2D eigenvalue weighted by molar-refractivity contribution is -0.121. The van der Waals surface area contributed by atoms with Crippen LogP contribution in [0.2, 0.25) is 0 Å². The van der Waals surface area contributed by atoms with Gasteiger partial charge in [0.1, 0.15) is 23.1 Å². The molecule has 5 heteroatoms. The number of ether oxygens (including phenoxy) is 2. The number of hydrogen-bond acceptors (Lipinski definition) is 3. The van der Waals surface area contributed by atoms with Crippen LogP contribution >= 0.6 is 0 Å². The van der Waals surface area contributed by atoms with E-state index in [2.05, 4.69) is 5.32 Å².